The molecule has 0 unspecified atom stereocenters. The molecule has 0 radical (unpaired) electrons. The number of aromatic nitrogens is 2. The molecule has 4 heteroatoms. The average Bonchev–Trinajstić information content (AvgIpc) is 3.10. The van der Waals surface area contributed by atoms with Crippen LogP contribution in [0.5, 0.6) is 0 Å². The largest absolute Gasteiger partial charge is 0.396 e. The summed E-state index contributed by atoms with van der Waals surface area (Å²) >= 11 is 0. The second-order valence-electron chi connectivity index (χ2n) is 5.48. The maximum Gasteiger partial charge on any atom is 0.0659 e. The molecule has 1 aliphatic carbocycles. The Morgan fingerprint density at radius 2 is 2.22 bits per heavy atom. The molecule has 0 aromatic carbocycles. The van der Waals surface area contributed by atoms with Crippen molar-refractivity contribution in [1.29, 1.82) is 0 Å². The smallest absolute Gasteiger partial charge is 0.0659 e. The van der Waals surface area contributed by atoms with Crippen LogP contribution in [-0.2, 0) is 6.54 Å². The second-order valence-corrected chi connectivity index (χ2v) is 5.48. The summed E-state index contributed by atoms with van der Waals surface area (Å²) in [6.45, 7) is 6.49. The molecule has 18 heavy (non-hydrogen) atoms. The minimum atomic E-state index is 0.289. The molecular weight excluding hydrogens is 226 g/mol. The Balaban J connectivity index is 1.89. The summed E-state index contributed by atoms with van der Waals surface area (Å²) in [6.07, 6.45) is 4.52. The number of rotatable bonds is 8. The number of hydrogen-bond donors (Lipinski definition) is 2. The average molecular weight is 251 g/mol. The zero-order valence-corrected chi connectivity index (χ0v) is 11.5. The Labute approximate surface area is 109 Å². The predicted octanol–water partition coefficient (Wildman–Crippen LogP) is 2.20. The van der Waals surface area contributed by atoms with E-state index in [-0.39, 0.29) is 6.61 Å². The van der Waals surface area contributed by atoms with Gasteiger partial charge < -0.3 is 10.4 Å². The molecule has 1 aromatic heterocycles. The lowest BCUT2D eigenvalue weighted by Crippen LogP contribution is -2.19. The number of unbranched alkanes of at least 4 members (excludes halogenated alkanes) is 1. The van der Waals surface area contributed by atoms with Crippen LogP contribution >= 0.6 is 0 Å². The van der Waals surface area contributed by atoms with Crippen molar-refractivity contribution >= 4 is 0 Å². The summed E-state index contributed by atoms with van der Waals surface area (Å²) in [5.41, 5.74) is 2.56. The summed E-state index contributed by atoms with van der Waals surface area (Å²) in [5, 5.41) is 16.9. The summed E-state index contributed by atoms with van der Waals surface area (Å²) in [6, 6.07) is 2.68. The van der Waals surface area contributed by atoms with Gasteiger partial charge in [-0.3, -0.25) is 4.68 Å². The maximum atomic E-state index is 8.73. The lowest BCUT2D eigenvalue weighted by Gasteiger charge is -2.11. The van der Waals surface area contributed by atoms with Crippen LogP contribution in [0, 0.1) is 0 Å². The molecule has 2 rings (SSSR count). The van der Waals surface area contributed by atoms with Gasteiger partial charge in [0.25, 0.3) is 0 Å². The van der Waals surface area contributed by atoms with E-state index >= 15 is 0 Å². The van der Waals surface area contributed by atoms with E-state index in [4.69, 9.17) is 10.2 Å². The van der Waals surface area contributed by atoms with E-state index in [0.29, 0.717) is 6.04 Å². The van der Waals surface area contributed by atoms with Crippen molar-refractivity contribution in [3.05, 3.63) is 17.5 Å². The van der Waals surface area contributed by atoms with Gasteiger partial charge >= 0.3 is 0 Å². The fourth-order valence-corrected chi connectivity index (χ4v) is 2.19. The molecule has 1 saturated carbocycles. The molecule has 1 heterocycles. The van der Waals surface area contributed by atoms with Crippen molar-refractivity contribution < 1.29 is 5.11 Å². The molecule has 2 N–H and O–H groups in total. The van der Waals surface area contributed by atoms with E-state index in [1.807, 2.05) is 0 Å². The molecule has 0 saturated heterocycles. The normalized spacial score (nSPS) is 15.6. The molecule has 0 amide bonds. The third-order valence-electron chi connectivity index (χ3n) is 3.38. The maximum absolute atomic E-state index is 8.73. The second kappa shape index (κ2) is 6.34. The minimum absolute atomic E-state index is 0.289. The first-order valence-electron chi connectivity index (χ1n) is 7.12. The first-order valence-corrected chi connectivity index (χ1v) is 7.12. The van der Waals surface area contributed by atoms with E-state index in [1.54, 1.807) is 0 Å². The molecule has 0 aliphatic heterocycles. The van der Waals surface area contributed by atoms with E-state index in [0.717, 1.165) is 31.8 Å². The van der Waals surface area contributed by atoms with E-state index in [9.17, 15) is 0 Å². The fourth-order valence-electron chi connectivity index (χ4n) is 2.19. The van der Waals surface area contributed by atoms with Gasteiger partial charge in [0.1, 0.15) is 0 Å². The molecule has 1 aliphatic rings. The van der Waals surface area contributed by atoms with Gasteiger partial charge in [0.2, 0.25) is 0 Å². The molecule has 0 bridgehead atoms. The van der Waals surface area contributed by atoms with Crippen LogP contribution in [0.4, 0.5) is 0 Å². The van der Waals surface area contributed by atoms with Crippen LogP contribution < -0.4 is 5.32 Å². The Kier molecular flexibility index (Phi) is 4.78. The Hall–Kier alpha value is -0.870. The third kappa shape index (κ3) is 3.56. The third-order valence-corrected chi connectivity index (χ3v) is 3.38. The molecule has 0 spiro atoms. The van der Waals surface area contributed by atoms with Crippen molar-refractivity contribution in [2.24, 2.45) is 0 Å². The topological polar surface area (TPSA) is 50.1 Å². The Morgan fingerprint density at radius 1 is 1.44 bits per heavy atom. The molecular formula is C14H25N3O. The van der Waals surface area contributed by atoms with Gasteiger partial charge in [-0.15, -0.1) is 0 Å². The summed E-state index contributed by atoms with van der Waals surface area (Å²) in [5.74, 6) is 0.720. The van der Waals surface area contributed by atoms with Crippen molar-refractivity contribution in [3.63, 3.8) is 0 Å². The number of nitrogens with one attached hydrogen (secondary N) is 1. The van der Waals surface area contributed by atoms with Crippen molar-refractivity contribution in [3.8, 4) is 0 Å². The van der Waals surface area contributed by atoms with Crippen LogP contribution in [0.25, 0.3) is 0 Å². The first kappa shape index (κ1) is 13.6. The van der Waals surface area contributed by atoms with Crippen LogP contribution in [-0.4, -0.2) is 28.0 Å². The predicted molar refractivity (Wildman–Crippen MR) is 72.6 cm³/mol. The van der Waals surface area contributed by atoms with Crippen LogP contribution in [0.1, 0.15) is 62.9 Å². The fraction of sp³-hybridized carbons (Fsp3) is 0.786. The van der Waals surface area contributed by atoms with Crippen molar-refractivity contribution in [2.45, 2.75) is 58.0 Å². The highest BCUT2D eigenvalue weighted by Gasteiger charge is 2.27. The SMILES string of the molecule is CC(C)n1nc(C2CC2)cc1CNCCCCO. The number of aliphatic hydroxyl groups excluding tert-OH is 1. The lowest BCUT2D eigenvalue weighted by molar-refractivity contribution is 0.283. The van der Waals surface area contributed by atoms with E-state index in [1.165, 1.54) is 24.2 Å². The van der Waals surface area contributed by atoms with Crippen molar-refractivity contribution in [2.75, 3.05) is 13.2 Å². The van der Waals surface area contributed by atoms with Crippen LogP contribution in [0.3, 0.4) is 0 Å². The summed E-state index contributed by atoms with van der Waals surface area (Å²) < 4.78 is 2.15. The molecule has 0 atom stereocenters. The molecule has 1 aromatic rings. The van der Waals surface area contributed by atoms with Gasteiger partial charge in [0.15, 0.2) is 0 Å². The van der Waals surface area contributed by atoms with Gasteiger partial charge in [0, 0.05) is 25.1 Å². The highest BCUT2D eigenvalue weighted by atomic mass is 16.2. The van der Waals surface area contributed by atoms with Gasteiger partial charge in [0.05, 0.1) is 11.4 Å². The first-order chi connectivity index (χ1) is 8.72. The van der Waals surface area contributed by atoms with E-state index < -0.39 is 0 Å². The Bertz CT molecular complexity index is 369. The van der Waals surface area contributed by atoms with Gasteiger partial charge in [-0.1, -0.05) is 0 Å². The standard InChI is InChI=1S/C14H25N3O/c1-11(2)17-13(10-15-7-3-4-8-18)9-14(16-17)12-5-6-12/h9,11-12,15,18H,3-8,10H2,1-2H3. The van der Waals surface area contributed by atoms with Gasteiger partial charge in [-0.2, -0.15) is 5.10 Å². The van der Waals surface area contributed by atoms with Gasteiger partial charge in [-0.05, 0) is 52.1 Å². The number of aliphatic hydroxyl groups is 1. The summed E-state index contributed by atoms with van der Waals surface area (Å²) in [4.78, 5) is 0. The lowest BCUT2D eigenvalue weighted by atomic mass is 10.2. The monoisotopic (exact) mass is 251 g/mol. The number of nitrogens with zero attached hydrogens (tertiary/aromatic N) is 2. The zero-order valence-electron chi connectivity index (χ0n) is 11.5. The van der Waals surface area contributed by atoms with Crippen molar-refractivity contribution in [1.82, 2.24) is 15.1 Å². The molecule has 4 nitrogen and oxygen atoms in total. The quantitative estimate of drug-likeness (QED) is 0.696. The van der Waals surface area contributed by atoms with Crippen LogP contribution in [0.15, 0.2) is 6.07 Å². The van der Waals surface area contributed by atoms with Crippen LogP contribution in [0.2, 0.25) is 0 Å². The molecule has 1 fully saturated rings. The zero-order chi connectivity index (χ0) is 13.0. The highest BCUT2D eigenvalue weighted by Crippen LogP contribution is 2.39. The highest BCUT2D eigenvalue weighted by molar-refractivity contribution is 5.19. The Morgan fingerprint density at radius 3 is 2.83 bits per heavy atom. The number of hydrogen-bond acceptors (Lipinski definition) is 3. The van der Waals surface area contributed by atoms with E-state index in [2.05, 4.69) is 29.9 Å². The van der Waals surface area contributed by atoms with Gasteiger partial charge in [-0.25, -0.2) is 0 Å². The summed E-state index contributed by atoms with van der Waals surface area (Å²) in [7, 11) is 0. The molecule has 102 valence electrons. The minimum Gasteiger partial charge on any atom is -0.396 e.